The van der Waals surface area contributed by atoms with E-state index in [1.54, 1.807) is 0 Å². The minimum Gasteiger partial charge on any atom is -0.369 e. The van der Waals surface area contributed by atoms with Gasteiger partial charge >= 0.3 is 0 Å². The average Bonchev–Trinajstić information content (AvgIpc) is 3.14. The maximum atomic E-state index is 14.1. The summed E-state index contributed by atoms with van der Waals surface area (Å²) >= 11 is 0. The molecule has 2 saturated heterocycles. The minimum atomic E-state index is -0.579. The average molecular weight is 308 g/mol. The molecule has 1 aliphatic carbocycles. The number of non-ortho nitro benzene ring substituents is 1. The molecular weight excluding hydrogens is 291 g/mol. The van der Waals surface area contributed by atoms with Gasteiger partial charge in [0.1, 0.15) is 0 Å². The number of anilines is 1. The largest absolute Gasteiger partial charge is 0.369 e. The van der Waals surface area contributed by atoms with Gasteiger partial charge < -0.3 is 14.4 Å². The molecule has 0 radical (unpaired) electrons. The molecule has 2 aliphatic heterocycles. The third-order valence-corrected chi connectivity index (χ3v) is 5.02. The van der Waals surface area contributed by atoms with Crippen molar-refractivity contribution in [3.63, 3.8) is 0 Å². The van der Waals surface area contributed by atoms with Crippen LogP contribution in [-0.2, 0) is 9.47 Å². The monoisotopic (exact) mass is 308 g/mol. The van der Waals surface area contributed by atoms with Gasteiger partial charge in [0.15, 0.2) is 11.6 Å². The molecule has 4 rings (SSSR count). The third kappa shape index (κ3) is 2.16. The van der Waals surface area contributed by atoms with Gasteiger partial charge in [0.25, 0.3) is 5.69 Å². The van der Waals surface area contributed by atoms with Crippen molar-refractivity contribution in [2.24, 2.45) is 11.8 Å². The Bertz CT molecular complexity index is 602. The molecule has 0 N–H and O–H groups in total. The molecule has 1 saturated carbocycles. The minimum absolute atomic E-state index is 0.215. The summed E-state index contributed by atoms with van der Waals surface area (Å²) < 4.78 is 25.6. The second-order valence-corrected chi connectivity index (χ2v) is 6.33. The number of ether oxygens (including phenoxy) is 2. The zero-order valence-electron chi connectivity index (χ0n) is 12.0. The normalized spacial score (nSPS) is 29.2. The highest BCUT2D eigenvalue weighted by atomic mass is 19.1. The molecule has 1 spiro atoms. The van der Waals surface area contributed by atoms with Crippen LogP contribution in [0.5, 0.6) is 0 Å². The maximum Gasteiger partial charge on any atom is 0.272 e. The zero-order valence-corrected chi connectivity index (χ0v) is 12.0. The van der Waals surface area contributed by atoms with Crippen molar-refractivity contribution in [3.8, 4) is 0 Å². The van der Waals surface area contributed by atoms with E-state index in [1.807, 2.05) is 4.90 Å². The van der Waals surface area contributed by atoms with Crippen LogP contribution >= 0.6 is 0 Å². The maximum absolute atomic E-state index is 14.1. The van der Waals surface area contributed by atoms with Crippen LogP contribution in [0.3, 0.4) is 0 Å². The van der Waals surface area contributed by atoms with Crippen LogP contribution < -0.4 is 4.90 Å². The Kier molecular flexibility index (Phi) is 3.09. The summed E-state index contributed by atoms with van der Waals surface area (Å²) in [5, 5.41) is 10.7. The predicted molar refractivity (Wildman–Crippen MR) is 76.1 cm³/mol. The van der Waals surface area contributed by atoms with E-state index in [2.05, 4.69) is 0 Å². The summed E-state index contributed by atoms with van der Waals surface area (Å²) in [5.41, 5.74) is 0.231. The standard InChI is InChI=1S/C15H17FN2O4/c16-13-5-12(18(19)20)1-2-14(13)17-8-10-6-15(7-11(10)9-17)21-3-4-22-15/h1-2,5,10-11H,3-4,6-9H2. The Morgan fingerprint density at radius 2 is 1.86 bits per heavy atom. The third-order valence-electron chi connectivity index (χ3n) is 5.02. The van der Waals surface area contributed by atoms with Crippen molar-refractivity contribution in [2.75, 3.05) is 31.2 Å². The van der Waals surface area contributed by atoms with E-state index in [9.17, 15) is 14.5 Å². The van der Waals surface area contributed by atoms with Crippen LogP contribution in [0.2, 0.25) is 0 Å². The lowest BCUT2D eigenvalue weighted by Crippen LogP contribution is -2.31. The van der Waals surface area contributed by atoms with Gasteiger partial charge in [-0.25, -0.2) is 4.39 Å². The summed E-state index contributed by atoms with van der Waals surface area (Å²) in [7, 11) is 0. The van der Waals surface area contributed by atoms with Crippen LogP contribution in [0, 0.1) is 27.8 Å². The Balaban J connectivity index is 1.50. The first-order chi connectivity index (χ1) is 10.6. The van der Waals surface area contributed by atoms with E-state index in [4.69, 9.17) is 9.47 Å². The second-order valence-electron chi connectivity index (χ2n) is 6.33. The van der Waals surface area contributed by atoms with Gasteiger partial charge in [-0.05, 0) is 17.9 Å². The van der Waals surface area contributed by atoms with Crippen molar-refractivity contribution >= 4 is 11.4 Å². The van der Waals surface area contributed by atoms with E-state index in [0.717, 1.165) is 32.0 Å². The SMILES string of the molecule is O=[N+]([O-])c1ccc(N2CC3CC4(CC3C2)OCCO4)c(F)c1. The smallest absolute Gasteiger partial charge is 0.272 e. The highest BCUT2D eigenvalue weighted by Crippen LogP contribution is 2.48. The Morgan fingerprint density at radius 1 is 1.23 bits per heavy atom. The molecule has 1 aromatic rings. The van der Waals surface area contributed by atoms with Gasteiger partial charge in [-0.3, -0.25) is 10.1 Å². The highest BCUT2D eigenvalue weighted by molar-refractivity contribution is 5.53. The van der Waals surface area contributed by atoms with Gasteiger partial charge in [0.05, 0.1) is 29.9 Å². The predicted octanol–water partition coefficient (Wildman–Crippen LogP) is 2.32. The molecule has 0 aromatic heterocycles. The first-order valence-electron chi connectivity index (χ1n) is 7.53. The molecule has 7 heteroatoms. The molecule has 3 aliphatic rings. The van der Waals surface area contributed by atoms with Crippen molar-refractivity contribution in [1.29, 1.82) is 0 Å². The lowest BCUT2D eigenvalue weighted by atomic mass is 10.0. The molecule has 0 bridgehead atoms. The fourth-order valence-electron chi connectivity index (χ4n) is 4.08. The Labute approximate surface area is 127 Å². The van der Waals surface area contributed by atoms with Crippen molar-refractivity contribution in [3.05, 3.63) is 34.1 Å². The van der Waals surface area contributed by atoms with Crippen LogP contribution in [0.15, 0.2) is 18.2 Å². The van der Waals surface area contributed by atoms with E-state index in [-0.39, 0.29) is 5.69 Å². The number of halogens is 1. The quantitative estimate of drug-likeness (QED) is 0.620. The molecule has 2 unspecified atom stereocenters. The summed E-state index contributed by atoms with van der Waals surface area (Å²) in [4.78, 5) is 12.1. The highest BCUT2D eigenvalue weighted by Gasteiger charge is 2.52. The number of benzene rings is 1. The summed E-state index contributed by atoms with van der Waals surface area (Å²) in [5.74, 6) is -0.0900. The van der Waals surface area contributed by atoms with Gasteiger partial charge in [0.2, 0.25) is 0 Å². The Hall–Kier alpha value is -1.73. The van der Waals surface area contributed by atoms with Crippen LogP contribution in [0.4, 0.5) is 15.8 Å². The first kappa shape index (κ1) is 13.9. The van der Waals surface area contributed by atoms with Crippen molar-refractivity contribution in [1.82, 2.24) is 0 Å². The van der Waals surface area contributed by atoms with Crippen molar-refractivity contribution in [2.45, 2.75) is 18.6 Å². The van der Waals surface area contributed by atoms with Gasteiger partial charge in [0, 0.05) is 32.0 Å². The molecule has 2 heterocycles. The molecule has 3 fully saturated rings. The number of hydrogen-bond donors (Lipinski definition) is 0. The molecule has 0 amide bonds. The van der Waals surface area contributed by atoms with Crippen LogP contribution in [-0.4, -0.2) is 37.0 Å². The summed E-state index contributed by atoms with van der Waals surface area (Å²) in [6.45, 7) is 2.79. The van der Waals surface area contributed by atoms with E-state index < -0.39 is 16.5 Å². The summed E-state index contributed by atoms with van der Waals surface area (Å²) in [6, 6.07) is 3.86. The van der Waals surface area contributed by atoms with E-state index in [0.29, 0.717) is 30.7 Å². The number of fused-ring (bicyclic) bond motifs is 1. The Morgan fingerprint density at radius 3 is 2.41 bits per heavy atom. The molecule has 1 aromatic carbocycles. The number of rotatable bonds is 2. The molecule has 2 atom stereocenters. The lowest BCUT2D eigenvalue weighted by Gasteiger charge is -2.26. The number of nitro benzene ring substituents is 1. The van der Waals surface area contributed by atoms with Crippen LogP contribution in [0.1, 0.15) is 12.8 Å². The lowest BCUT2D eigenvalue weighted by molar-refractivity contribution is -0.385. The summed E-state index contributed by atoms with van der Waals surface area (Å²) in [6.07, 6.45) is 1.70. The molecule has 22 heavy (non-hydrogen) atoms. The number of nitro groups is 1. The fourth-order valence-corrected chi connectivity index (χ4v) is 4.08. The first-order valence-corrected chi connectivity index (χ1v) is 7.53. The van der Waals surface area contributed by atoms with Gasteiger partial charge in [-0.1, -0.05) is 0 Å². The fraction of sp³-hybridized carbons (Fsp3) is 0.600. The number of hydrogen-bond acceptors (Lipinski definition) is 5. The topological polar surface area (TPSA) is 64.8 Å². The van der Waals surface area contributed by atoms with Crippen molar-refractivity contribution < 1.29 is 18.8 Å². The zero-order chi connectivity index (χ0) is 15.3. The van der Waals surface area contributed by atoms with Gasteiger partial charge in [-0.15, -0.1) is 0 Å². The second kappa shape index (κ2) is 4.89. The van der Waals surface area contributed by atoms with Gasteiger partial charge in [-0.2, -0.15) is 0 Å². The molecular formula is C15H17FN2O4. The van der Waals surface area contributed by atoms with Crippen LogP contribution in [0.25, 0.3) is 0 Å². The molecule has 118 valence electrons. The molecule has 6 nitrogen and oxygen atoms in total. The van der Waals surface area contributed by atoms with E-state index in [1.165, 1.54) is 12.1 Å². The number of nitrogens with zero attached hydrogens (tertiary/aromatic N) is 2. The van der Waals surface area contributed by atoms with E-state index >= 15 is 0 Å².